The van der Waals surface area contributed by atoms with Gasteiger partial charge in [-0.05, 0) is 40.2 Å². The standard InChI is InChI=1S/C10H7BrN2O2S/c11-8-5-12-10(16-8)13-7-3-1-6(2-4-7)9(14)15/h1-5H,(H,12,13)(H,14,15). The second kappa shape index (κ2) is 4.63. The molecular weight excluding hydrogens is 292 g/mol. The predicted molar refractivity (Wildman–Crippen MR) is 66.5 cm³/mol. The third-order valence-corrected chi connectivity index (χ3v) is 3.25. The summed E-state index contributed by atoms with van der Waals surface area (Å²) in [6.45, 7) is 0. The maximum atomic E-state index is 10.6. The van der Waals surface area contributed by atoms with E-state index in [2.05, 4.69) is 26.2 Å². The second-order valence-electron chi connectivity index (χ2n) is 2.98. The van der Waals surface area contributed by atoms with E-state index in [0.717, 1.165) is 14.6 Å². The first-order valence-corrected chi connectivity index (χ1v) is 5.98. The van der Waals surface area contributed by atoms with Crippen LogP contribution in [-0.2, 0) is 0 Å². The molecule has 1 heterocycles. The number of carboxylic acids is 1. The van der Waals surface area contributed by atoms with E-state index in [0.29, 0.717) is 0 Å². The lowest BCUT2D eigenvalue weighted by Crippen LogP contribution is -1.96. The van der Waals surface area contributed by atoms with E-state index in [1.165, 1.54) is 11.3 Å². The van der Waals surface area contributed by atoms with Gasteiger partial charge >= 0.3 is 5.97 Å². The Morgan fingerprint density at radius 3 is 2.56 bits per heavy atom. The Bertz CT molecular complexity index is 510. The highest BCUT2D eigenvalue weighted by Crippen LogP contribution is 2.26. The predicted octanol–water partition coefficient (Wildman–Crippen LogP) is 3.35. The number of aromatic nitrogens is 1. The van der Waals surface area contributed by atoms with Gasteiger partial charge in [0.05, 0.1) is 15.5 Å². The molecule has 1 aromatic carbocycles. The van der Waals surface area contributed by atoms with Crippen molar-refractivity contribution in [2.45, 2.75) is 0 Å². The fourth-order valence-corrected chi connectivity index (χ4v) is 2.26. The van der Waals surface area contributed by atoms with Gasteiger partial charge in [0.1, 0.15) is 0 Å². The number of hydrogen-bond acceptors (Lipinski definition) is 4. The highest BCUT2D eigenvalue weighted by atomic mass is 79.9. The Hall–Kier alpha value is -1.40. The van der Waals surface area contributed by atoms with Crippen LogP contribution in [0.15, 0.2) is 34.2 Å². The van der Waals surface area contributed by atoms with Gasteiger partial charge in [-0.15, -0.1) is 0 Å². The molecule has 0 aliphatic rings. The first-order chi connectivity index (χ1) is 7.65. The van der Waals surface area contributed by atoms with E-state index < -0.39 is 5.97 Å². The van der Waals surface area contributed by atoms with Crippen LogP contribution < -0.4 is 5.32 Å². The average molecular weight is 299 g/mol. The summed E-state index contributed by atoms with van der Waals surface area (Å²) >= 11 is 4.79. The van der Waals surface area contributed by atoms with E-state index in [4.69, 9.17) is 5.11 Å². The van der Waals surface area contributed by atoms with Gasteiger partial charge in [0, 0.05) is 5.69 Å². The summed E-state index contributed by atoms with van der Waals surface area (Å²) in [6, 6.07) is 6.51. The molecule has 4 nitrogen and oxygen atoms in total. The van der Waals surface area contributed by atoms with Crippen LogP contribution in [0.2, 0.25) is 0 Å². The van der Waals surface area contributed by atoms with Crippen LogP contribution in [0.3, 0.4) is 0 Å². The molecule has 0 atom stereocenters. The summed E-state index contributed by atoms with van der Waals surface area (Å²) in [5.74, 6) is -0.927. The van der Waals surface area contributed by atoms with Crippen LogP contribution in [-0.4, -0.2) is 16.1 Å². The van der Waals surface area contributed by atoms with Crippen molar-refractivity contribution in [2.24, 2.45) is 0 Å². The fourth-order valence-electron chi connectivity index (χ4n) is 1.13. The lowest BCUT2D eigenvalue weighted by atomic mass is 10.2. The molecule has 0 aliphatic carbocycles. The van der Waals surface area contributed by atoms with Crippen LogP contribution >= 0.6 is 27.3 Å². The van der Waals surface area contributed by atoms with Crippen molar-refractivity contribution in [3.63, 3.8) is 0 Å². The first-order valence-electron chi connectivity index (χ1n) is 4.37. The molecule has 1 aromatic heterocycles. The van der Waals surface area contributed by atoms with Crippen molar-refractivity contribution < 1.29 is 9.90 Å². The van der Waals surface area contributed by atoms with Gasteiger partial charge < -0.3 is 10.4 Å². The molecule has 82 valence electrons. The smallest absolute Gasteiger partial charge is 0.335 e. The zero-order chi connectivity index (χ0) is 11.5. The molecule has 16 heavy (non-hydrogen) atoms. The number of benzene rings is 1. The molecule has 2 rings (SSSR count). The number of thiazole rings is 1. The Labute approximate surface area is 104 Å². The van der Waals surface area contributed by atoms with E-state index in [1.54, 1.807) is 30.5 Å². The zero-order valence-electron chi connectivity index (χ0n) is 7.98. The molecule has 2 N–H and O–H groups in total. The molecule has 0 saturated heterocycles. The minimum absolute atomic E-state index is 0.269. The molecule has 0 spiro atoms. The van der Waals surface area contributed by atoms with E-state index in [1.807, 2.05) is 0 Å². The monoisotopic (exact) mass is 298 g/mol. The lowest BCUT2D eigenvalue weighted by molar-refractivity contribution is 0.0697. The van der Waals surface area contributed by atoms with Gasteiger partial charge in [-0.3, -0.25) is 0 Å². The average Bonchev–Trinajstić information content (AvgIpc) is 2.65. The lowest BCUT2D eigenvalue weighted by Gasteiger charge is -2.02. The van der Waals surface area contributed by atoms with E-state index in [-0.39, 0.29) is 5.56 Å². The van der Waals surface area contributed by atoms with Crippen molar-refractivity contribution in [1.82, 2.24) is 4.98 Å². The van der Waals surface area contributed by atoms with E-state index >= 15 is 0 Å². The van der Waals surface area contributed by atoms with Crippen molar-refractivity contribution in [3.05, 3.63) is 39.8 Å². The highest BCUT2D eigenvalue weighted by Gasteiger charge is 2.03. The SMILES string of the molecule is O=C(O)c1ccc(Nc2ncc(Br)s2)cc1. The number of anilines is 2. The summed E-state index contributed by atoms with van der Waals surface area (Å²) in [7, 11) is 0. The molecule has 0 bridgehead atoms. The van der Waals surface area contributed by atoms with Crippen molar-refractivity contribution in [2.75, 3.05) is 5.32 Å². The van der Waals surface area contributed by atoms with Gasteiger partial charge in [0.25, 0.3) is 0 Å². The Kier molecular flexibility index (Phi) is 3.21. The van der Waals surface area contributed by atoms with Gasteiger partial charge in [0.2, 0.25) is 0 Å². The number of nitrogens with zero attached hydrogens (tertiary/aromatic N) is 1. The van der Waals surface area contributed by atoms with Gasteiger partial charge in [-0.2, -0.15) is 0 Å². The summed E-state index contributed by atoms with van der Waals surface area (Å²) < 4.78 is 0.942. The summed E-state index contributed by atoms with van der Waals surface area (Å²) in [6.07, 6.45) is 1.71. The molecular formula is C10H7BrN2O2S. The topological polar surface area (TPSA) is 62.2 Å². The Morgan fingerprint density at radius 2 is 2.06 bits per heavy atom. The molecule has 0 fully saturated rings. The largest absolute Gasteiger partial charge is 0.478 e. The molecule has 0 aliphatic heterocycles. The minimum Gasteiger partial charge on any atom is -0.478 e. The minimum atomic E-state index is -0.927. The molecule has 0 radical (unpaired) electrons. The van der Waals surface area contributed by atoms with Crippen molar-refractivity contribution in [3.8, 4) is 0 Å². The number of carbonyl (C=O) groups is 1. The Balaban J connectivity index is 2.14. The molecule has 2 aromatic rings. The zero-order valence-corrected chi connectivity index (χ0v) is 10.4. The van der Waals surface area contributed by atoms with Gasteiger partial charge in [-0.1, -0.05) is 11.3 Å². The second-order valence-corrected chi connectivity index (χ2v) is 5.39. The molecule has 0 amide bonds. The van der Waals surface area contributed by atoms with Gasteiger partial charge in [0.15, 0.2) is 5.13 Å². The third kappa shape index (κ3) is 2.59. The number of rotatable bonds is 3. The van der Waals surface area contributed by atoms with E-state index in [9.17, 15) is 4.79 Å². The van der Waals surface area contributed by atoms with Crippen LogP contribution in [0, 0.1) is 0 Å². The third-order valence-electron chi connectivity index (χ3n) is 1.86. The number of carboxylic acid groups (broad SMARTS) is 1. The van der Waals surface area contributed by atoms with Crippen LogP contribution in [0.5, 0.6) is 0 Å². The summed E-state index contributed by atoms with van der Waals surface area (Å²) in [5, 5.41) is 12.6. The van der Waals surface area contributed by atoms with Gasteiger partial charge in [-0.25, -0.2) is 9.78 Å². The quantitative estimate of drug-likeness (QED) is 0.912. The van der Waals surface area contributed by atoms with Crippen LogP contribution in [0.1, 0.15) is 10.4 Å². The number of halogens is 1. The molecule has 0 saturated carbocycles. The molecule has 6 heteroatoms. The van der Waals surface area contributed by atoms with Crippen molar-refractivity contribution in [1.29, 1.82) is 0 Å². The normalized spacial score (nSPS) is 10.1. The number of hydrogen-bond donors (Lipinski definition) is 2. The van der Waals surface area contributed by atoms with Crippen LogP contribution in [0.4, 0.5) is 10.8 Å². The van der Waals surface area contributed by atoms with Crippen LogP contribution in [0.25, 0.3) is 0 Å². The highest BCUT2D eigenvalue weighted by molar-refractivity contribution is 9.11. The summed E-state index contributed by atoms with van der Waals surface area (Å²) in [4.78, 5) is 14.7. The van der Waals surface area contributed by atoms with Crippen molar-refractivity contribution >= 4 is 44.1 Å². The fraction of sp³-hybridized carbons (Fsp3) is 0. The maximum absolute atomic E-state index is 10.6. The maximum Gasteiger partial charge on any atom is 0.335 e. The molecule has 0 unspecified atom stereocenters. The number of aromatic carboxylic acids is 1. The number of nitrogens with one attached hydrogen (secondary N) is 1. The summed E-state index contributed by atoms with van der Waals surface area (Å²) in [5.41, 5.74) is 1.08. The Morgan fingerprint density at radius 1 is 1.38 bits per heavy atom. The first kappa shape index (κ1) is 11.1.